The molecule has 3 aliphatic rings. The molecule has 1 unspecified atom stereocenters. The van der Waals surface area contributed by atoms with Crippen molar-refractivity contribution in [3.05, 3.63) is 142 Å². The van der Waals surface area contributed by atoms with Gasteiger partial charge in [-0.15, -0.1) is 0 Å². The van der Waals surface area contributed by atoms with Gasteiger partial charge in [0.25, 0.3) is 0 Å². The van der Waals surface area contributed by atoms with Crippen LogP contribution in [0.5, 0.6) is 0 Å². The average molecular weight is 564 g/mol. The fourth-order valence-electron chi connectivity index (χ4n) is 6.10. The number of hydrogen-bond acceptors (Lipinski definition) is 3. The number of fused-ring (bicyclic) bond motifs is 1. The monoisotopic (exact) mass is 563 g/mol. The summed E-state index contributed by atoms with van der Waals surface area (Å²) in [6, 6.07) is 27.2. The van der Waals surface area contributed by atoms with Gasteiger partial charge in [-0.05, 0) is 57.2 Å². The van der Waals surface area contributed by atoms with E-state index in [4.69, 9.17) is 15.0 Å². The average Bonchev–Trinajstić information content (AvgIpc) is 3.00. The van der Waals surface area contributed by atoms with Crippen LogP contribution in [0.25, 0.3) is 51.0 Å². The summed E-state index contributed by atoms with van der Waals surface area (Å²) in [4.78, 5) is 15.2. The standard InChI is InChI=1S/C35H22BrN3/c36-30-20-19-28(25-11-4-5-12-26(25)30)34-37-33(24-7-2-1-3-8-24)38-35(39-34)29-18-16-23-14-13-21-9-6-10-22-15-17-27(29)32(23)31(21)22/h1-13,15-20,31H,14H2. The Bertz CT molecular complexity index is 1950. The topological polar surface area (TPSA) is 38.7 Å². The summed E-state index contributed by atoms with van der Waals surface area (Å²) < 4.78 is 1.05. The summed E-state index contributed by atoms with van der Waals surface area (Å²) in [5.41, 5.74) is 9.71. The van der Waals surface area contributed by atoms with Gasteiger partial charge in [0.15, 0.2) is 17.5 Å². The first-order chi connectivity index (χ1) is 19.2. The maximum atomic E-state index is 5.14. The third-order valence-corrected chi connectivity index (χ3v) is 8.62. The summed E-state index contributed by atoms with van der Waals surface area (Å²) in [5, 5.41) is 2.24. The highest BCUT2D eigenvalue weighted by Gasteiger charge is 2.32. The highest BCUT2D eigenvalue weighted by Crippen LogP contribution is 2.48. The van der Waals surface area contributed by atoms with Crippen molar-refractivity contribution in [1.29, 1.82) is 0 Å². The van der Waals surface area contributed by atoms with Crippen molar-refractivity contribution in [2.75, 3.05) is 0 Å². The predicted octanol–water partition coefficient (Wildman–Crippen LogP) is 8.88. The summed E-state index contributed by atoms with van der Waals surface area (Å²) in [5.74, 6) is 2.33. The number of benzene rings is 4. The van der Waals surface area contributed by atoms with Crippen LogP contribution in [0.3, 0.4) is 0 Å². The molecule has 0 spiro atoms. The summed E-state index contributed by atoms with van der Waals surface area (Å²) in [7, 11) is 0. The van der Waals surface area contributed by atoms with Crippen LogP contribution >= 0.6 is 15.9 Å². The van der Waals surface area contributed by atoms with Gasteiger partial charge in [0, 0.05) is 27.1 Å². The molecular weight excluding hydrogens is 542 g/mol. The molecule has 0 bridgehead atoms. The Balaban J connectivity index is 1.39. The van der Waals surface area contributed by atoms with Crippen molar-refractivity contribution >= 4 is 32.8 Å². The van der Waals surface area contributed by atoms with E-state index in [1.165, 1.54) is 27.8 Å². The lowest BCUT2D eigenvalue weighted by molar-refractivity contribution is 0.892. The molecule has 4 heteroatoms. The van der Waals surface area contributed by atoms with Gasteiger partial charge in [0.1, 0.15) is 0 Å². The third-order valence-electron chi connectivity index (χ3n) is 7.93. The predicted molar refractivity (Wildman–Crippen MR) is 162 cm³/mol. The molecule has 5 aromatic rings. The van der Waals surface area contributed by atoms with Gasteiger partial charge >= 0.3 is 0 Å². The van der Waals surface area contributed by atoms with E-state index in [2.05, 4.69) is 113 Å². The van der Waals surface area contributed by atoms with Gasteiger partial charge < -0.3 is 0 Å². The van der Waals surface area contributed by atoms with Crippen LogP contribution in [0.2, 0.25) is 0 Å². The second kappa shape index (κ2) is 8.82. The van der Waals surface area contributed by atoms with Crippen LogP contribution in [0, 0.1) is 0 Å². The quantitative estimate of drug-likeness (QED) is 0.220. The van der Waals surface area contributed by atoms with Crippen LogP contribution in [0.4, 0.5) is 0 Å². The maximum absolute atomic E-state index is 5.14. The van der Waals surface area contributed by atoms with Crippen molar-refractivity contribution in [3.8, 4) is 34.2 Å². The second-order valence-corrected chi connectivity index (χ2v) is 11.0. The zero-order valence-electron chi connectivity index (χ0n) is 21.0. The molecule has 0 saturated heterocycles. The van der Waals surface area contributed by atoms with Gasteiger partial charge in [-0.1, -0.05) is 119 Å². The molecule has 3 nitrogen and oxygen atoms in total. The highest BCUT2D eigenvalue weighted by atomic mass is 79.9. The Hall–Kier alpha value is -4.41. The van der Waals surface area contributed by atoms with Crippen molar-refractivity contribution in [1.82, 2.24) is 15.0 Å². The number of halogens is 1. The molecular formula is C35H22BrN3. The van der Waals surface area contributed by atoms with Crippen LogP contribution in [-0.4, -0.2) is 15.0 Å². The minimum absolute atomic E-state index is 0.281. The maximum Gasteiger partial charge on any atom is 0.164 e. The minimum Gasteiger partial charge on any atom is -0.208 e. The molecule has 39 heavy (non-hydrogen) atoms. The van der Waals surface area contributed by atoms with Crippen LogP contribution in [0.1, 0.15) is 22.6 Å². The Morgan fingerprint density at radius 2 is 1.38 bits per heavy atom. The highest BCUT2D eigenvalue weighted by molar-refractivity contribution is 9.10. The van der Waals surface area contributed by atoms with E-state index in [0.717, 1.165) is 38.4 Å². The molecule has 1 aromatic heterocycles. The lowest BCUT2D eigenvalue weighted by Gasteiger charge is -2.33. The largest absolute Gasteiger partial charge is 0.208 e. The fourth-order valence-corrected chi connectivity index (χ4v) is 6.58. The van der Waals surface area contributed by atoms with Gasteiger partial charge in [-0.25, -0.2) is 15.0 Å². The van der Waals surface area contributed by atoms with Crippen molar-refractivity contribution in [2.24, 2.45) is 0 Å². The number of allylic oxidation sites excluding steroid dienone is 7. The molecule has 0 aliphatic heterocycles. The number of nitrogens with zero attached hydrogens (tertiary/aromatic N) is 3. The summed E-state index contributed by atoms with van der Waals surface area (Å²) >= 11 is 3.72. The van der Waals surface area contributed by atoms with E-state index < -0.39 is 0 Å². The minimum atomic E-state index is 0.281. The van der Waals surface area contributed by atoms with Crippen LogP contribution in [0.15, 0.2) is 125 Å². The lowest BCUT2D eigenvalue weighted by Crippen LogP contribution is -2.18. The van der Waals surface area contributed by atoms with E-state index in [1.807, 2.05) is 18.2 Å². The molecule has 1 heterocycles. The Morgan fingerprint density at radius 1 is 0.641 bits per heavy atom. The van der Waals surface area contributed by atoms with Gasteiger partial charge in [-0.3, -0.25) is 0 Å². The van der Waals surface area contributed by atoms with E-state index in [-0.39, 0.29) is 5.92 Å². The van der Waals surface area contributed by atoms with E-state index >= 15 is 0 Å². The lowest BCUT2D eigenvalue weighted by atomic mass is 9.70. The molecule has 8 rings (SSSR count). The SMILES string of the molecule is Brc1ccc(-c2nc(-c3ccccc3)nc(-c3ccc4c5c3C=CC3=CC=CC(=CC4)C35)n2)c2ccccc12. The molecule has 0 saturated carbocycles. The van der Waals surface area contributed by atoms with E-state index in [0.29, 0.717) is 17.5 Å². The molecule has 1 atom stereocenters. The second-order valence-electron chi connectivity index (χ2n) is 10.1. The zero-order valence-corrected chi connectivity index (χ0v) is 22.6. The molecule has 0 radical (unpaired) electrons. The van der Waals surface area contributed by atoms with Crippen molar-refractivity contribution < 1.29 is 0 Å². The Labute approximate surface area is 235 Å². The first kappa shape index (κ1) is 22.6. The molecule has 184 valence electrons. The van der Waals surface area contributed by atoms with Crippen molar-refractivity contribution in [2.45, 2.75) is 12.3 Å². The Morgan fingerprint density at radius 3 is 2.26 bits per heavy atom. The normalized spacial score (nSPS) is 16.6. The molecule has 0 fully saturated rings. The van der Waals surface area contributed by atoms with Crippen LogP contribution in [-0.2, 0) is 6.42 Å². The number of hydrogen-bond donors (Lipinski definition) is 0. The first-order valence-electron chi connectivity index (χ1n) is 13.2. The van der Waals surface area contributed by atoms with E-state index in [1.54, 1.807) is 0 Å². The first-order valence-corrected chi connectivity index (χ1v) is 14.0. The van der Waals surface area contributed by atoms with Crippen LogP contribution < -0.4 is 0 Å². The smallest absolute Gasteiger partial charge is 0.164 e. The zero-order chi connectivity index (χ0) is 25.9. The van der Waals surface area contributed by atoms with E-state index in [9.17, 15) is 0 Å². The molecule has 3 aliphatic carbocycles. The third kappa shape index (κ3) is 3.59. The number of rotatable bonds is 3. The molecule has 4 aromatic carbocycles. The van der Waals surface area contributed by atoms with Gasteiger partial charge in [0.2, 0.25) is 0 Å². The van der Waals surface area contributed by atoms with Crippen molar-refractivity contribution in [3.63, 3.8) is 0 Å². The van der Waals surface area contributed by atoms with Gasteiger partial charge in [-0.2, -0.15) is 0 Å². The summed E-state index contributed by atoms with van der Waals surface area (Å²) in [6.07, 6.45) is 14.5. The molecule has 0 amide bonds. The number of aromatic nitrogens is 3. The summed E-state index contributed by atoms with van der Waals surface area (Å²) in [6.45, 7) is 0. The molecule has 0 N–H and O–H groups in total. The van der Waals surface area contributed by atoms with Gasteiger partial charge in [0.05, 0.1) is 0 Å². The Kier molecular flexibility index (Phi) is 5.10. The fraction of sp³-hybridized carbons (Fsp3) is 0.0571.